The van der Waals surface area contributed by atoms with Crippen molar-refractivity contribution in [3.8, 4) is 11.5 Å². The molecule has 8 heteroatoms. The van der Waals surface area contributed by atoms with Gasteiger partial charge in [-0.3, -0.25) is 0 Å². The average Bonchev–Trinajstić information content (AvgIpc) is 2.86. The topological polar surface area (TPSA) is 99.4 Å². The summed E-state index contributed by atoms with van der Waals surface area (Å²) in [5.74, 6) is -0.994. The van der Waals surface area contributed by atoms with Crippen LogP contribution in [0.2, 0.25) is 0 Å². The fourth-order valence-corrected chi connectivity index (χ4v) is 2.04. The first-order valence-electron chi connectivity index (χ1n) is 5.14. The van der Waals surface area contributed by atoms with Gasteiger partial charge in [-0.25, -0.2) is 13.2 Å². The normalized spacial score (nSPS) is 11.3. The summed E-state index contributed by atoms with van der Waals surface area (Å²) in [7, 11) is -2.14. The Morgan fingerprint density at radius 1 is 1.32 bits per heavy atom. The summed E-state index contributed by atoms with van der Waals surface area (Å²) in [6, 6.07) is 6.00. The van der Waals surface area contributed by atoms with E-state index in [1.165, 1.54) is 19.2 Å². The van der Waals surface area contributed by atoms with Crippen molar-refractivity contribution in [2.45, 2.75) is 4.90 Å². The van der Waals surface area contributed by atoms with Crippen molar-refractivity contribution < 1.29 is 22.4 Å². The van der Waals surface area contributed by atoms with E-state index in [1.54, 1.807) is 12.1 Å². The van der Waals surface area contributed by atoms with E-state index in [9.17, 15) is 13.2 Å². The molecular weight excluding hydrogens is 272 g/mol. The number of ether oxygens (including phenoxy) is 1. The molecule has 0 saturated heterocycles. The van der Waals surface area contributed by atoms with Gasteiger partial charge in [0, 0.05) is 11.8 Å². The summed E-state index contributed by atoms with van der Waals surface area (Å²) in [6.45, 7) is 0. The van der Waals surface area contributed by atoms with E-state index in [2.05, 4.69) is 14.9 Å². The van der Waals surface area contributed by atoms with Gasteiger partial charge in [-0.1, -0.05) is 6.07 Å². The number of hydrogen-bond donors (Lipinski definition) is 0. The maximum Gasteiger partial charge on any atom is 0.396 e. The van der Waals surface area contributed by atoms with Crippen molar-refractivity contribution in [1.82, 2.24) is 10.2 Å². The van der Waals surface area contributed by atoms with Crippen LogP contribution in [-0.4, -0.2) is 38.0 Å². The summed E-state index contributed by atoms with van der Waals surface area (Å²) in [6.07, 6.45) is 1.10. The summed E-state index contributed by atoms with van der Waals surface area (Å²) < 4.78 is 32.4. The van der Waals surface area contributed by atoms with E-state index >= 15 is 0 Å². The fourth-order valence-electron chi connectivity index (χ4n) is 1.37. The van der Waals surface area contributed by atoms with Gasteiger partial charge in [0.15, 0.2) is 9.84 Å². The smallest absolute Gasteiger partial charge is 0.396 e. The van der Waals surface area contributed by atoms with E-state index in [1.807, 2.05) is 0 Å². The minimum Gasteiger partial charge on any atom is -0.462 e. The molecule has 0 aliphatic rings. The minimum atomic E-state index is -3.33. The second-order valence-corrected chi connectivity index (χ2v) is 5.72. The van der Waals surface area contributed by atoms with Crippen molar-refractivity contribution in [1.29, 1.82) is 0 Å². The average molecular weight is 282 g/mol. The number of aromatic nitrogens is 2. The molecule has 0 spiro atoms. The minimum absolute atomic E-state index is 0.0471. The summed E-state index contributed by atoms with van der Waals surface area (Å²) >= 11 is 0. The number of nitrogens with zero attached hydrogens (tertiary/aromatic N) is 2. The molecular formula is C11H10N2O5S. The highest BCUT2D eigenvalue weighted by Gasteiger charge is 2.17. The fraction of sp³-hybridized carbons (Fsp3) is 0.182. The van der Waals surface area contributed by atoms with Gasteiger partial charge in [0.2, 0.25) is 5.89 Å². The van der Waals surface area contributed by atoms with Crippen molar-refractivity contribution in [2.75, 3.05) is 13.4 Å². The molecule has 2 aromatic rings. The number of methoxy groups -OCH3 is 1. The molecule has 100 valence electrons. The zero-order valence-corrected chi connectivity index (χ0v) is 11.0. The lowest BCUT2D eigenvalue weighted by Crippen LogP contribution is -2.00. The van der Waals surface area contributed by atoms with Crippen molar-refractivity contribution in [2.24, 2.45) is 0 Å². The number of benzene rings is 1. The van der Waals surface area contributed by atoms with Crippen LogP contribution >= 0.6 is 0 Å². The lowest BCUT2D eigenvalue weighted by Gasteiger charge is -1.99. The van der Waals surface area contributed by atoms with Gasteiger partial charge < -0.3 is 9.15 Å². The highest BCUT2D eigenvalue weighted by molar-refractivity contribution is 7.90. The Bertz CT molecular complexity index is 720. The molecule has 1 heterocycles. The van der Waals surface area contributed by atoms with E-state index in [-0.39, 0.29) is 16.7 Å². The molecule has 0 atom stereocenters. The quantitative estimate of drug-likeness (QED) is 0.772. The number of esters is 1. The summed E-state index contributed by atoms with van der Waals surface area (Å²) in [4.78, 5) is 11.3. The van der Waals surface area contributed by atoms with Crippen LogP contribution in [0.25, 0.3) is 11.5 Å². The Morgan fingerprint density at radius 2 is 2.05 bits per heavy atom. The molecule has 0 aliphatic heterocycles. The first kappa shape index (κ1) is 13.2. The van der Waals surface area contributed by atoms with Crippen LogP contribution < -0.4 is 0 Å². The second kappa shape index (κ2) is 4.81. The van der Waals surface area contributed by atoms with Crippen LogP contribution in [0.4, 0.5) is 0 Å². The van der Waals surface area contributed by atoms with Gasteiger partial charge in [0.1, 0.15) is 0 Å². The van der Waals surface area contributed by atoms with Gasteiger partial charge in [-0.15, -0.1) is 10.2 Å². The molecule has 0 bridgehead atoms. The van der Waals surface area contributed by atoms with E-state index in [0.29, 0.717) is 5.56 Å². The summed E-state index contributed by atoms with van der Waals surface area (Å²) in [5, 5.41) is 7.18. The third kappa shape index (κ3) is 2.79. The number of carbonyl (C=O) groups is 1. The lowest BCUT2D eigenvalue weighted by molar-refractivity contribution is 0.0556. The van der Waals surface area contributed by atoms with E-state index in [4.69, 9.17) is 4.42 Å². The predicted molar refractivity (Wildman–Crippen MR) is 64.2 cm³/mol. The van der Waals surface area contributed by atoms with Crippen molar-refractivity contribution in [3.05, 3.63) is 30.2 Å². The van der Waals surface area contributed by atoms with Crippen molar-refractivity contribution in [3.63, 3.8) is 0 Å². The number of carbonyl (C=O) groups excluding carboxylic acids is 1. The Kier molecular flexibility index (Phi) is 3.34. The van der Waals surface area contributed by atoms with Crippen LogP contribution in [0.3, 0.4) is 0 Å². The van der Waals surface area contributed by atoms with Crippen LogP contribution in [0, 0.1) is 0 Å². The highest BCUT2D eigenvalue weighted by Crippen LogP contribution is 2.21. The Hall–Kier alpha value is -2.22. The monoisotopic (exact) mass is 282 g/mol. The molecule has 19 heavy (non-hydrogen) atoms. The third-order valence-corrected chi connectivity index (χ3v) is 3.40. The van der Waals surface area contributed by atoms with Gasteiger partial charge in [-0.2, -0.15) is 0 Å². The SMILES string of the molecule is COC(=O)c1nnc(-c2cccc(S(C)(=O)=O)c2)o1. The van der Waals surface area contributed by atoms with Crippen LogP contribution in [0.5, 0.6) is 0 Å². The molecule has 0 N–H and O–H groups in total. The predicted octanol–water partition coefficient (Wildman–Crippen LogP) is 0.927. The van der Waals surface area contributed by atoms with Crippen LogP contribution in [-0.2, 0) is 14.6 Å². The molecule has 0 aliphatic carbocycles. The number of hydrogen-bond acceptors (Lipinski definition) is 7. The number of sulfone groups is 1. The Morgan fingerprint density at radius 3 is 2.68 bits per heavy atom. The standard InChI is InChI=1S/C11H10N2O5S/c1-17-11(14)10-13-12-9(18-10)7-4-3-5-8(6-7)19(2,15)16/h3-6H,1-2H3. The van der Waals surface area contributed by atoms with Crippen molar-refractivity contribution >= 4 is 15.8 Å². The largest absolute Gasteiger partial charge is 0.462 e. The zero-order chi connectivity index (χ0) is 14.0. The number of rotatable bonds is 3. The van der Waals surface area contributed by atoms with E-state index in [0.717, 1.165) is 6.26 Å². The highest BCUT2D eigenvalue weighted by atomic mass is 32.2. The van der Waals surface area contributed by atoms with Gasteiger partial charge in [-0.05, 0) is 18.2 Å². The van der Waals surface area contributed by atoms with Crippen LogP contribution in [0.15, 0.2) is 33.6 Å². The molecule has 2 rings (SSSR count). The van der Waals surface area contributed by atoms with Gasteiger partial charge in [0.25, 0.3) is 0 Å². The molecule has 0 amide bonds. The molecule has 0 unspecified atom stereocenters. The van der Waals surface area contributed by atoms with Gasteiger partial charge >= 0.3 is 11.9 Å². The lowest BCUT2D eigenvalue weighted by atomic mass is 10.2. The third-order valence-electron chi connectivity index (χ3n) is 2.29. The summed E-state index contributed by atoms with van der Waals surface area (Å²) in [5.41, 5.74) is 0.408. The maximum atomic E-state index is 11.4. The molecule has 7 nitrogen and oxygen atoms in total. The second-order valence-electron chi connectivity index (χ2n) is 3.70. The Balaban J connectivity index is 2.43. The molecule has 1 aromatic heterocycles. The maximum absolute atomic E-state index is 11.4. The molecule has 1 aromatic carbocycles. The van der Waals surface area contributed by atoms with Crippen LogP contribution in [0.1, 0.15) is 10.7 Å². The first-order chi connectivity index (χ1) is 8.91. The first-order valence-corrected chi connectivity index (χ1v) is 7.03. The molecule has 0 saturated carbocycles. The van der Waals surface area contributed by atoms with E-state index < -0.39 is 15.8 Å². The van der Waals surface area contributed by atoms with Gasteiger partial charge in [0.05, 0.1) is 12.0 Å². The molecule has 0 radical (unpaired) electrons. The molecule has 0 fully saturated rings. The zero-order valence-electron chi connectivity index (χ0n) is 10.2. The Labute approximate surface area is 109 Å².